The van der Waals surface area contributed by atoms with Crippen molar-refractivity contribution in [2.24, 2.45) is 5.92 Å². The third-order valence-electron chi connectivity index (χ3n) is 3.06. The molecule has 0 spiro atoms. The van der Waals surface area contributed by atoms with Gasteiger partial charge in [-0.15, -0.1) is 0 Å². The lowest BCUT2D eigenvalue weighted by molar-refractivity contribution is -0.144. The molecule has 1 aliphatic carbocycles. The Labute approximate surface area is 121 Å². The predicted octanol–water partition coefficient (Wildman–Crippen LogP) is 2.77. The molecule has 0 radical (unpaired) electrons. The van der Waals surface area contributed by atoms with Crippen LogP contribution in [0.3, 0.4) is 0 Å². The monoisotopic (exact) mass is 304 g/mol. The van der Waals surface area contributed by atoms with Crippen LogP contribution in [0.5, 0.6) is 0 Å². The molecule has 0 unspecified atom stereocenters. The summed E-state index contributed by atoms with van der Waals surface area (Å²) in [6.45, 7) is 1.89. The number of nitrogens with zero attached hydrogens (tertiary/aromatic N) is 2. The first-order valence-electron chi connectivity index (χ1n) is 6.94. The van der Waals surface area contributed by atoms with E-state index in [1.807, 2.05) is 0 Å². The maximum Gasteiger partial charge on any atom is 0.451 e. The van der Waals surface area contributed by atoms with Gasteiger partial charge < -0.3 is 15.4 Å². The van der Waals surface area contributed by atoms with Crippen LogP contribution in [0, 0.1) is 5.92 Å². The van der Waals surface area contributed by atoms with Crippen molar-refractivity contribution in [2.75, 3.05) is 37.4 Å². The zero-order valence-electron chi connectivity index (χ0n) is 11.8. The molecule has 0 saturated heterocycles. The Morgan fingerprint density at radius 3 is 2.62 bits per heavy atom. The second-order valence-electron chi connectivity index (χ2n) is 5.01. The van der Waals surface area contributed by atoms with Crippen molar-refractivity contribution in [1.29, 1.82) is 0 Å². The van der Waals surface area contributed by atoms with Crippen molar-refractivity contribution >= 4 is 11.6 Å². The van der Waals surface area contributed by atoms with Gasteiger partial charge in [-0.1, -0.05) is 0 Å². The van der Waals surface area contributed by atoms with Crippen molar-refractivity contribution in [3.8, 4) is 0 Å². The molecule has 8 heteroatoms. The quantitative estimate of drug-likeness (QED) is 0.723. The molecule has 1 aliphatic rings. The summed E-state index contributed by atoms with van der Waals surface area (Å²) in [4.78, 5) is 6.88. The van der Waals surface area contributed by atoms with E-state index in [0.717, 1.165) is 6.61 Å². The largest absolute Gasteiger partial charge is 0.451 e. The van der Waals surface area contributed by atoms with Crippen LogP contribution in [-0.2, 0) is 10.9 Å². The van der Waals surface area contributed by atoms with E-state index in [1.165, 1.54) is 26.0 Å². The van der Waals surface area contributed by atoms with Gasteiger partial charge in [-0.05, 0) is 25.2 Å². The Morgan fingerprint density at radius 2 is 2.00 bits per heavy atom. The highest BCUT2D eigenvalue weighted by molar-refractivity contribution is 5.47. The number of aromatic nitrogens is 2. The molecule has 0 atom stereocenters. The molecule has 0 bridgehead atoms. The molecular formula is C13H19F3N4O. The standard InChI is InChI=1S/C13H19F3N4O/c1-17-10-7-11(20-12(19-10)13(14,15)16)18-5-2-6-21-8-9-3-4-9/h7,9H,2-6,8H2,1H3,(H2,17,18,19,20). The first kappa shape index (κ1) is 15.8. The average Bonchev–Trinajstić information content (AvgIpc) is 3.25. The van der Waals surface area contributed by atoms with Gasteiger partial charge >= 0.3 is 6.18 Å². The first-order valence-corrected chi connectivity index (χ1v) is 6.94. The van der Waals surface area contributed by atoms with Gasteiger partial charge in [0.1, 0.15) is 11.6 Å². The molecule has 1 aromatic rings. The number of hydrogen-bond acceptors (Lipinski definition) is 5. The van der Waals surface area contributed by atoms with Crippen molar-refractivity contribution in [1.82, 2.24) is 9.97 Å². The molecule has 0 aliphatic heterocycles. The van der Waals surface area contributed by atoms with E-state index in [1.54, 1.807) is 0 Å². The Bertz CT molecular complexity index is 463. The minimum Gasteiger partial charge on any atom is -0.381 e. The van der Waals surface area contributed by atoms with Crippen LogP contribution in [0.25, 0.3) is 0 Å². The number of ether oxygens (including phenoxy) is 1. The van der Waals surface area contributed by atoms with Crippen molar-refractivity contribution in [2.45, 2.75) is 25.4 Å². The fourth-order valence-electron chi connectivity index (χ4n) is 1.72. The van der Waals surface area contributed by atoms with Crippen molar-refractivity contribution < 1.29 is 17.9 Å². The van der Waals surface area contributed by atoms with Crippen LogP contribution >= 0.6 is 0 Å². The molecule has 1 saturated carbocycles. The van der Waals surface area contributed by atoms with E-state index in [-0.39, 0.29) is 11.6 Å². The highest BCUT2D eigenvalue weighted by atomic mass is 19.4. The molecule has 0 aromatic carbocycles. The SMILES string of the molecule is CNc1cc(NCCCOCC2CC2)nc(C(F)(F)F)n1. The van der Waals surface area contributed by atoms with E-state index < -0.39 is 12.0 Å². The zero-order chi connectivity index (χ0) is 15.3. The Morgan fingerprint density at radius 1 is 1.29 bits per heavy atom. The maximum atomic E-state index is 12.7. The average molecular weight is 304 g/mol. The third-order valence-corrected chi connectivity index (χ3v) is 3.06. The minimum atomic E-state index is -4.56. The van der Waals surface area contributed by atoms with E-state index in [2.05, 4.69) is 20.6 Å². The zero-order valence-corrected chi connectivity index (χ0v) is 11.8. The predicted molar refractivity (Wildman–Crippen MR) is 73.2 cm³/mol. The molecule has 2 N–H and O–H groups in total. The highest BCUT2D eigenvalue weighted by Crippen LogP contribution is 2.29. The lowest BCUT2D eigenvalue weighted by Gasteiger charge is -2.11. The molecule has 118 valence electrons. The molecule has 21 heavy (non-hydrogen) atoms. The van der Waals surface area contributed by atoms with Gasteiger partial charge in [-0.25, -0.2) is 9.97 Å². The molecule has 1 aromatic heterocycles. The number of hydrogen-bond donors (Lipinski definition) is 2. The summed E-state index contributed by atoms with van der Waals surface area (Å²) in [6.07, 6.45) is -1.36. The second kappa shape index (κ2) is 6.93. The van der Waals surface area contributed by atoms with E-state index in [4.69, 9.17) is 4.74 Å². The van der Waals surface area contributed by atoms with Gasteiger partial charge in [-0.3, -0.25) is 0 Å². The van der Waals surface area contributed by atoms with Crippen LogP contribution in [0.4, 0.5) is 24.8 Å². The van der Waals surface area contributed by atoms with Crippen LogP contribution in [-0.4, -0.2) is 36.8 Å². The molecule has 1 fully saturated rings. The molecule has 2 rings (SSSR count). The van der Waals surface area contributed by atoms with Gasteiger partial charge in [0.05, 0.1) is 0 Å². The Hall–Kier alpha value is -1.57. The lowest BCUT2D eigenvalue weighted by atomic mass is 10.4. The summed E-state index contributed by atoms with van der Waals surface area (Å²) in [6, 6.07) is 1.44. The molecule has 5 nitrogen and oxygen atoms in total. The summed E-state index contributed by atoms with van der Waals surface area (Å²) >= 11 is 0. The normalized spacial score (nSPS) is 15.0. The van der Waals surface area contributed by atoms with Gasteiger partial charge in [0.25, 0.3) is 0 Å². The smallest absolute Gasteiger partial charge is 0.381 e. The third kappa shape index (κ3) is 5.37. The van der Waals surface area contributed by atoms with Crippen LogP contribution < -0.4 is 10.6 Å². The second-order valence-corrected chi connectivity index (χ2v) is 5.01. The summed E-state index contributed by atoms with van der Waals surface area (Å²) < 4.78 is 43.4. The van der Waals surface area contributed by atoms with E-state index >= 15 is 0 Å². The van der Waals surface area contributed by atoms with Crippen molar-refractivity contribution in [3.63, 3.8) is 0 Å². The van der Waals surface area contributed by atoms with E-state index in [9.17, 15) is 13.2 Å². The van der Waals surface area contributed by atoms with Crippen LogP contribution in [0.1, 0.15) is 25.1 Å². The Balaban J connectivity index is 1.80. The summed E-state index contributed by atoms with van der Waals surface area (Å²) in [5.41, 5.74) is 0. The Kier molecular flexibility index (Phi) is 5.22. The number of alkyl halides is 3. The minimum absolute atomic E-state index is 0.129. The summed E-state index contributed by atoms with van der Waals surface area (Å²) in [5, 5.41) is 5.46. The maximum absolute atomic E-state index is 12.7. The van der Waals surface area contributed by atoms with E-state index in [0.29, 0.717) is 25.5 Å². The number of halogens is 3. The molecular weight excluding hydrogens is 285 g/mol. The van der Waals surface area contributed by atoms with Crippen LogP contribution in [0.15, 0.2) is 6.07 Å². The summed E-state index contributed by atoms with van der Waals surface area (Å²) in [5.74, 6) is -0.150. The number of rotatable bonds is 8. The first-order chi connectivity index (χ1) is 9.99. The summed E-state index contributed by atoms with van der Waals surface area (Å²) in [7, 11) is 1.51. The topological polar surface area (TPSA) is 59.1 Å². The lowest BCUT2D eigenvalue weighted by Crippen LogP contribution is -2.15. The molecule has 0 amide bonds. The van der Waals surface area contributed by atoms with Crippen molar-refractivity contribution in [3.05, 3.63) is 11.9 Å². The number of nitrogens with one attached hydrogen (secondary N) is 2. The van der Waals surface area contributed by atoms with Crippen LogP contribution in [0.2, 0.25) is 0 Å². The van der Waals surface area contributed by atoms with Gasteiger partial charge in [0.15, 0.2) is 0 Å². The number of anilines is 2. The van der Waals surface area contributed by atoms with Gasteiger partial charge in [0.2, 0.25) is 5.82 Å². The highest BCUT2D eigenvalue weighted by Gasteiger charge is 2.35. The molecule has 1 heterocycles. The fourth-order valence-corrected chi connectivity index (χ4v) is 1.72. The fraction of sp³-hybridized carbons (Fsp3) is 0.692. The van der Waals surface area contributed by atoms with Gasteiger partial charge in [0, 0.05) is 32.9 Å². The van der Waals surface area contributed by atoms with Gasteiger partial charge in [-0.2, -0.15) is 13.2 Å².